The number of carbonyl (C=O) groups is 2. The summed E-state index contributed by atoms with van der Waals surface area (Å²) in [7, 11) is 0. The van der Waals surface area contributed by atoms with Crippen molar-refractivity contribution in [1.29, 1.82) is 0 Å². The van der Waals surface area contributed by atoms with E-state index in [0.717, 1.165) is 6.42 Å². The molecule has 0 aromatic rings. The van der Waals surface area contributed by atoms with Gasteiger partial charge in [0.25, 0.3) is 0 Å². The summed E-state index contributed by atoms with van der Waals surface area (Å²) in [6.45, 7) is 3.66. The Morgan fingerprint density at radius 1 is 1.50 bits per heavy atom. The topological polar surface area (TPSA) is 64.6 Å². The highest BCUT2D eigenvalue weighted by atomic mass is 32.1. The van der Waals surface area contributed by atoms with Gasteiger partial charge in [-0.3, -0.25) is 10.1 Å². The van der Waals surface area contributed by atoms with Gasteiger partial charge in [-0.25, -0.2) is 4.79 Å². The second kappa shape index (κ2) is 7.64. The highest BCUT2D eigenvalue weighted by molar-refractivity contribution is 7.75. The van der Waals surface area contributed by atoms with Crippen molar-refractivity contribution in [1.82, 2.24) is 5.32 Å². The molecule has 0 aliphatic carbocycles. The monoisotopic (exact) mass is 221 g/mol. The van der Waals surface area contributed by atoms with E-state index in [1.807, 2.05) is 6.92 Å². The number of rotatable bonds is 6. The van der Waals surface area contributed by atoms with Crippen molar-refractivity contribution in [3.05, 3.63) is 0 Å². The molecule has 1 unspecified atom stereocenters. The molecule has 0 aliphatic heterocycles. The lowest BCUT2D eigenvalue weighted by molar-refractivity contribution is -0.149. The second-order valence-electron chi connectivity index (χ2n) is 2.81. The lowest BCUT2D eigenvalue weighted by atomic mass is 10.1. The van der Waals surface area contributed by atoms with Crippen LogP contribution >= 0.6 is 12.9 Å². The molecule has 0 bridgehead atoms. The zero-order valence-electron chi connectivity index (χ0n) is 8.28. The molecule has 0 heterocycles. The number of hydrogen-bond acceptors (Lipinski definition) is 6. The van der Waals surface area contributed by atoms with Crippen LogP contribution in [0.2, 0.25) is 0 Å². The Hall–Kier alpha value is -0.750. The third-order valence-corrected chi connectivity index (χ3v) is 1.91. The summed E-state index contributed by atoms with van der Waals surface area (Å²) >= 11 is 3.31. The zero-order valence-corrected chi connectivity index (χ0v) is 9.17. The van der Waals surface area contributed by atoms with Crippen molar-refractivity contribution in [2.45, 2.75) is 20.3 Å². The molecule has 82 valence electrons. The van der Waals surface area contributed by atoms with Gasteiger partial charge in [0.2, 0.25) is 0 Å². The lowest BCUT2D eigenvalue weighted by Crippen LogP contribution is -2.28. The van der Waals surface area contributed by atoms with Gasteiger partial charge in [0, 0.05) is 12.9 Å². The second-order valence-corrected chi connectivity index (χ2v) is 2.99. The quantitative estimate of drug-likeness (QED) is 0.225. The summed E-state index contributed by atoms with van der Waals surface area (Å²) in [5.41, 5.74) is 0. The number of nitrogens with one attached hydrogen (secondary N) is 1. The number of ether oxygens (including phenoxy) is 1. The van der Waals surface area contributed by atoms with Gasteiger partial charge >= 0.3 is 11.9 Å². The number of carbonyl (C=O) groups excluding carboxylic acids is 2. The van der Waals surface area contributed by atoms with Gasteiger partial charge in [0.15, 0.2) is 0 Å². The van der Waals surface area contributed by atoms with E-state index in [4.69, 9.17) is 4.74 Å². The van der Waals surface area contributed by atoms with Crippen molar-refractivity contribution in [3.63, 3.8) is 0 Å². The fourth-order valence-corrected chi connectivity index (χ4v) is 0.681. The third kappa shape index (κ3) is 5.82. The third-order valence-electron chi connectivity index (χ3n) is 1.70. The molecule has 0 aromatic heterocycles. The molecule has 0 aliphatic rings. The van der Waals surface area contributed by atoms with Crippen LogP contribution in [0.25, 0.3) is 0 Å². The van der Waals surface area contributed by atoms with E-state index in [1.165, 1.54) is 0 Å². The Morgan fingerprint density at radius 2 is 2.14 bits per heavy atom. The summed E-state index contributed by atoms with van der Waals surface area (Å²) in [6.07, 6.45) is 0.734. The van der Waals surface area contributed by atoms with Crippen LogP contribution in [-0.4, -0.2) is 25.2 Å². The molecule has 0 radical (unpaired) electrons. The SMILES string of the molecule is CCC(C)C(=O)OCNCC(=O)OS. The largest absolute Gasteiger partial charge is 0.450 e. The van der Waals surface area contributed by atoms with Crippen LogP contribution in [0.4, 0.5) is 0 Å². The molecule has 0 saturated heterocycles. The number of thiol groups is 1. The van der Waals surface area contributed by atoms with Gasteiger partial charge in [0.1, 0.15) is 6.73 Å². The molecular weight excluding hydrogens is 206 g/mol. The van der Waals surface area contributed by atoms with E-state index < -0.39 is 5.97 Å². The van der Waals surface area contributed by atoms with E-state index in [0.29, 0.717) is 0 Å². The molecule has 0 saturated carbocycles. The van der Waals surface area contributed by atoms with Gasteiger partial charge in [-0.15, -0.1) is 0 Å². The molecule has 1 N–H and O–H groups in total. The molecular formula is C8H15NO4S. The summed E-state index contributed by atoms with van der Waals surface area (Å²) in [5.74, 6) is -0.916. The first-order valence-corrected chi connectivity index (χ1v) is 4.69. The van der Waals surface area contributed by atoms with Crippen LogP contribution in [0, 0.1) is 5.92 Å². The van der Waals surface area contributed by atoms with Gasteiger partial charge in [-0.2, -0.15) is 0 Å². The Kier molecular flexibility index (Phi) is 7.23. The molecule has 14 heavy (non-hydrogen) atoms. The van der Waals surface area contributed by atoms with E-state index in [2.05, 4.69) is 22.4 Å². The summed E-state index contributed by atoms with van der Waals surface area (Å²) < 4.78 is 8.89. The van der Waals surface area contributed by atoms with Crippen LogP contribution in [0.3, 0.4) is 0 Å². The Balaban J connectivity index is 3.45. The van der Waals surface area contributed by atoms with E-state index >= 15 is 0 Å². The first-order valence-electron chi connectivity index (χ1n) is 4.33. The molecule has 5 nitrogen and oxygen atoms in total. The first kappa shape index (κ1) is 13.2. The summed E-state index contributed by atoms with van der Waals surface area (Å²) in [6, 6.07) is 0. The molecule has 1 atom stereocenters. The highest BCUT2D eigenvalue weighted by Gasteiger charge is 2.11. The van der Waals surface area contributed by atoms with Crippen LogP contribution in [-0.2, 0) is 18.5 Å². The van der Waals surface area contributed by atoms with E-state index in [1.54, 1.807) is 6.92 Å². The minimum atomic E-state index is -0.520. The maximum Gasteiger partial charge on any atom is 0.331 e. The van der Waals surface area contributed by atoms with Crippen molar-refractivity contribution in [2.24, 2.45) is 5.92 Å². The number of hydrogen-bond donors (Lipinski definition) is 2. The van der Waals surface area contributed by atoms with Gasteiger partial charge in [-0.1, -0.05) is 13.8 Å². The average molecular weight is 221 g/mol. The number of esters is 1. The minimum absolute atomic E-state index is 0.00600. The van der Waals surface area contributed by atoms with Crippen molar-refractivity contribution in [2.75, 3.05) is 13.3 Å². The van der Waals surface area contributed by atoms with E-state index in [-0.39, 0.29) is 25.2 Å². The molecule has 0 rings (SSSR count). The Morgan fingerprint density at radius 3 is 2.64 bits per heavy atom. The molecule has 6 heteroatoms. The predicted octanol–water partition coefficient (Wildman–Crippen LogP) is 0.511. The maximum atomic E-state index is 11.1. The van der Waals surface area contributed by atoms with Crippen molar-refractivity contribution < 1.29 is 18.5 Å². The van der Waals surface area contributed by atoms with E-state index in [9.17, 15) is 9.59 Å². The summed E-state index contributed by atoms with van der Waals surface area (Å²) in [4.78, 5) is 21.6. The average Bonchev–Trinajstić information content (AvgIpc) is 2.22. The predicted molar refractivity (Wildman–Crippen MR) is 53.5 cm³/mol. The summed E-state index contributed by atoms with van der Waals surface area (Å²) in [5, 5.41) is 2.58. The van der Waals surface area contributed by atoms with Crippen LogP contribution in [0.5, 0.6) is 0 Å². The van der Waals surface area contributed by atoms with Gasteiger partial charge in [-0.05, 0) is 6.42 Å². The van der Waals surface area contributed by atoms with Gasteiger partial charge < -0.3 is 8.92 Å². The molecule has 0 aromatic carbocycles. The first-order chi connectivity index (χ1) is 6.61. The fraction of sp³-hybridized carbons (Fsp3) is 0.750. The molecule has 0 spiro atoms. The van der Waals surface area contributed by atoms with Gasteiger partial charge in [0.05, 0.1) is 12.5 Å². The fourth-order valence-electron chi connectivity index (χ4n) is 0.616. The van der Waals surface area contributed by atoms with Crippen molar-refractivity contribution >= 4 is 24.8 Å². The normalized spacial score (nSPS) is 11.9. The smallest absolute Gasteiger partial charge is 0.331 e. The Labute approximate surface area is 88.8 Å². The maximum absolute atomic E-state index is 11.1. The zero-order chi connectivity index (χ0) is 11.0. The molecule has 0 fully saturated rings. The Bertz CT molecular complexity index is 198. The standard InChI is InChI=1S/C8H15NO4S/c1-3-6(2)8(11)12-5-9-4-7(10)13-14/h6,9,14H,3-5H2,1-2H3. The minimum Gasteiger partial charge on any atom is -0.450 e. The molecule has 0 amide bonds. The van der Waals surface area contributed by atoms with Crippen LogP contribution < -0.4 is 5.32 Å². The van der Waals surface area contributed by atoms with Crippen LogP contribution in [0.15, 0.2) is 0 Å². The van der Waals surface area contributed by atoms with Crippen LogP contribution in [0.1, 0.15) is 20.3 Å². The van der Waals surface area contributed by atoms with Crippen molar-refractivity contribution in [3.8, 4) is 0 Å². The lowest BCUT2D eigenvalue weighted by Gasteiger charge is -2.09. The highest BCUT2D eigenvalue weighted by Crippen LogP contribution is 2.01.